The van der Waals surface area contributed by atoms with E-state index in [1.54, 1.807) is 37.5 Å². The molecule has 0 spiro atoms. The van der Waals surface area contributed by atoms with Crippen LogP contribution in [0.4, 0.5) is 0 Å². The fourth-order valence-corrected chi connectivity index (χ4v) is 3.69. The zero-order chi connectivity index (χ0) is 23.1. The third-order valence-electron chi connectivity index (χ3n) is 5.16. The Bertz CT molecular complexity index is 1010. The maximum absolute atomic E-state index is 13.1. The number of aliphatic hydroxyl groups is 1. The number of allylic oxidation sites excluding steroid dienone is 1. The van der Waals surface area contributed by atoms with Crippen molar-refractivity contribution >= 4 is 17.4 Å². The number of ether oxygens (including phenoxy) is 2. The number of carbonyl (C=O) groups excluding carboxylic acids is 2. The van der Waals surface area contributed by atoms with Crippen LogP contribution in [0.1, 0.15) is 45.7 Å². The van der Waals surface area contributed by atoms with E-state index in [0.717, 1.165) is 29.0 Å². The first kappa shape index (κ1) is 23.5. The van der Waals surface area contributed by atoms with Crippen molar-refractivity contribution < 1.29 is 24.2 Å². The van der Waals surface area contributed by atoms with Crippen molar-refractivity contribution in [1.29, 1.82) is 0 Å². The number of hydrogen-bond donors (Lipinski definition) is 3. The van der Waals surface area contributed by atoms with Crippen molar-refractivity contribution in [2.75, 3.05) is 33.5 Å². The second-order valence-electron chi connectivity index (χ2n) is 8.30. The summed E-state index contributed by atoms with van der Waals surface area (Å²) in [6, 6.07) is 12.5. The Morgan fingerprint density at radius 1 is 1.16 bits per heavy atom. The highest BCUT2D eigenvalue weighted by Gasteiger charge is 2.28. The largest absolute Gasteiger partial charge is 0.497 e. The molecule has 0 bridgehead atoms. The molecule has 0 aromatic heterocycles. The third-order valence-corrected chi connectivity index (χ3v) is 5.16. The molecule has 0 atom stereocenters. The van der Waals surface area contributed by atoms with Crippen LogP contribution in [0.5, 0.6) is 5.75 Å². The van der Waals surface area contributed by atoms with Crippen molar-refractivity contribution in [3.05, 3.63) is 70.8 Å². The van der Waals surface area contributed by atoms with Crippen molar-refractivity contribution in [2.45, 2.75) is 25.8 Å². The lowest BCUT2D eigenvalue weighted by Gasteiger charge is -2.35. The molecular formula is C25H30N2O5. The minimum atomic E-state index is -0.285. The SMILES string of the molecule is COc1ccc2c(c1)/C(=C/C(=O)c1cccc(C(=O)NCCOCCO)c1)NC(C)(C)C2. The van der Waals surface area contributed by atoms with Gasteiger partial charge in [0.2, 0.25) is 0 Å². The molecule has 3 N–H and O–H groups in total. The zero-order valence-corrected chi connectivity index (χ0v) is 18.7. The summed E-state index contributed by atoms with van der Waals surface area (Å²) < 4.78 is 10.5. The van der Waals surface area contributed by atoms with Gasteiger partial charge in [-0.15, -0.1) is 0 Å². The number of hydrogen-bond acceptors (Lipinski definition) is 6. The van der Waals surface area contributed by atoms with Gasteiger partial charge in [0, 0.05) is 40.5 Å². The van der Waals surface area contributed by atoms with Crippen molar-refractivity contribution in [2.24, 2.45) is 0 Å². The van der Waals surface area contributed by atoms with Crippen LogP contribution in [0.15, 0.2) is 48.5 Å². The Kier molecular flexibility index (Phi) is 7.66. The van der Waals surface area contributed by atoms with Gasteiger partial charge in [-0.1, -0.05) is 18.2 Å². The lowest BCUT2D eigenvalue weighted by atomic mass is 9.85. The highest BCUT2D eigenvalue weighted by Crippen LogP contribution is 2.32. The Morgan fingerprint density at radius 3 is 2.69 bits per heavy atom. The van der Waals surface area contributed by atoms with Crippen LogP contribution < -0.4 is 15.4 Å². The van der Waals surface area contributed by atoms with Gasteiger partial charge in [0.25, 0.3) is 5.91 Å². The van der Waals surface area contributed by atoms with Crippen LogP contribution >= 0.6 is 0 Å². The standard InChI is InChI=1S/C25H30N2O5/c1-25(2)16-19-7-8-20(31-3)14-21(19)22(27-25)15-23(29)17-5-4-6-18(13-17)24(30)26-9-11-32-12-10-28/h4-8,13-15,27-28H,9-12,16H2,1-3H3,(H,26,30)/b22-15-. The highest BCUT2D eigenvalue weighted by molar-refractivity contribution is 6.10. The van der Waals surface area contributed by atoms with E-state index in [0.29, 0.717) is 24.3 Å². The average Bonchev–Trinajstić information content (AvgIpc) is 2.78. The van der Waals surface area contributed by atoms with E-state index in [1.165, 1.54) is 0 Å². The summed E-state index contributed by atoms with van der Waals surface area (Å²) in [5.41, 5.74) is 3.44. The Labute approximate surface area is 188 Å². The summed E-state index contributed by atoms with van der Waals surface area (Å²) in [5.74, 6) is 0.247. The number of fused-ring (bicyclic) bond motifs is 1. The summed E-state index contributed by atoms with van der Waals surface area (Å²) in [5, 5.41) is 14.9. The van der Waals surface area contributed by atoms with Gasteiger partial charge >= 0.3 is 0 Å². The van der Waals surface area contributed by atoms with Gasteiger partial charge in [-0.05, 0) is 50.1 Å². The molecule has 0 unspecified atom stereocenters. The topological polar surface area (TPSA) is 96.9 Å². The molecule has 7 nitrogen and oxygen atoms in total. The predicted octanol–water partition coefficient (Wildman–Crippen LogP) is 2.58. The molecular weight excluding hydrogens is 408 g/mol. The number of rotatable bonds is 9. The van der Waals surface area contributed by atoms with E-state index >= 15 is 0 Å². The summed E-state index contributed by atoms with van der Waals surface area (Å²) in [7, 11) is 1.62. The molecule has 170 valence electrons. The molecule has 0 saturated heterocycles. The lowest BCUT2D eigenvalue weighted by molar-refractivity contribution is 0.0838. The fraction of sp³-hybridized carbons (Fsp3) is 0.360. The van der Waals surface area contributed by atoms with Gasteiger partial charge < -0.3 is 25.2 Å². The summed E-state index contributed by atoms with van der Waals surface area (Å²) in [4.78, 5) is 25.5. The maximum Gasteiger partial charge on any atom is 0.251 e. The number of amides is 1. The van der Waals surface area contributed by atoms with Gasteiger partial charge in [0.05, 0.1) is 26.9 Å². The van der Waals surface area contributed by atoms with Crippen molar-refractivity contribution in [3.8, 4) is 5.75 Å². The smallest absolute Gasteiger partial charge is 0.251 e. The molecule has 7 heteroatoms. The first-order valence-corrected chi connectivity index (χ1v) is 10.6. The van der Waals surface area contributed by atoms with Gasteiger partial charge in [-0.3, -0.25) is 9.59 Å². The minimum Gasteiger partial charge on any atom is -0.497 e. The molecule has 0 aliphatic carbocycles. The average molecular weight is 439 g/mol. The highest BCUT2D eigenvalue weighted by atomic mass is 16.5. The second kappa shape index (κ2) is 10.4. The van der Waals surface area contributed by atoms with E-state index in [4.69, 9.17) is 14.6 Å². The molecule has 0 fully saturated rings. The van der Waals surface area contributed by atoms with E-state index in [-0.39, 0.29) is 30.4 Å². The molecule has 0 radical (unpaired) electrons. The molecule has 2 aromatic carbocycles. The number of nitrogens with one attached hydrogen (secondary N) is 2. The van der Waals surface area contributed by atoms with E-state index in [2.05, 4.69) is 24.5 Å². The number of ketones is 1. The van der Waals surface area contributed by atoms with Crippen LogP contribution in [0.3, 0.4) is 0 Å². The molecule has 1 heterocycles. The summed E-state index contributed by atoms with van der Waals surface area (Å²) in [6.45, 7) is 4.98. The molecule has 1 aliphatic rings. The first-order valence-electron chi connectivity index (χ1n) is 10.6. The molecule has 1 aliphatic heterocycles. The lowest BCUT2D eigenvalue weighted by Crippen LogP contribution is -2.43. The van der Waals surface area contributed by atoms with Crippen LogP contribution in [-0.4, -0.2) is 55.8 Å². The Morgan fingerprint density at radius 2 is 1.94 bits per heavy atom. The first-order chi connectivity index (χ1) is 15.3. The predicted molar refractivity (Wildman–Crippen MR) is 123 cm³/mol. The molecule has 3 rings (SSSR count). The molecule has 0 saturated carbocycles. The zero-order valence-electron chi connectivity index (χ0n) is 18.7. The normalized spacial score (nSPS) is 15.6. The fourth-order valence-electron chi connectivity index (χ4n) is 3.69. The number of carbonyl (C=O) groups is 2. The number of aliphatic hydroxyl groups excluding tert-OH is 1. The second-order valence-corrected chi connectivity index (χ2v) is 8.30. The van der Waals surface area contributed by atoms with Gasteiger partial charge in [0.1, 0.15) is 5.75 Å². The van der Waals surface area contributed by atoms with Gasteiger partial charge in [-0.2, -0.15) is 0 Å². The van der Waals surface area contributed by atoms with E-state index in [1.807, 2.05) is 18.2 Å². The number of benzene rings is 2. The minimum absolute atomic E-state index is 0.0586. The molecule has 2 aromatic rings. The monoisotopic (exact) mass is 438 g/mol. The van der Waals surface area contributed by atoms with Gasteiger partial charge in [-0.25, -0.2) is 0 Å². The van der Waals surface area contributed by atoms with E-state index in [9.17, 15) is 9.59 Å². The Hall–Kier alpha value is -3.16. The Balaban J connectivity index is 1.79. The van der Waals surface area contributed by atoms with Crippen LogP contribution in [0.25, 0.3) is 5.70 Å². The van der Waals surface area contributed by atoms with Crippen molar-refractivity contribution in [1.82, 2.24) is 10.6 Å². The van der Waals surface area contributed by atoms with Gasteiger partial charge in [0.15, 0.2) is 5.78 Å². The van der Waals surface area contributed by atoms with E-state index < -0.39 is 0 Å². The molecule has 32 heavy (non-hydrogen) atoms. The quantitative estimate of drug-likeness (QED) is 0.316. The van der Waals surface area contributed by atoms with Crippen LogP contribution in [0.2, 0.25) is 0 Å². The van der Waals surface area contributed by atoms with Crippen molar-refractivity contribution in [3.63, 3.8) is 0 Å². The van der Waals surface area contributed by atoms with Crippen LogP contribution in [0, 0.1) is 0 Å². The summed E-state index contributed by atoms with van der Waals surface area (Å²) >= 11 is 0. The number of methoxy groups -OCH3 is 1. The third kappa shape index (κ3) is 5.96. The summed E-state index contributed by atoms with van der Waals surface area (Å²) in [6.07, 6.45) is 2.41. The molecule has 1 amide bonds. The van der Waals surface area contributed by atoms with Crippen LogP contribution in [-0.2, 0) is 11.2 Å². The maximum atomic E-state index is 13.1.